The van der Waals surface area contributed by atoms with Gasteiger partial charge in [0, 0.05) is 27.2 Å². The van der Waals surface area contributed by atoms with Crippen LogP contribution in [0.2, 0.25) is 0 Å². The molecule has 168 valence electrons. The lowest BCUT2D eigenvalue weighted by atomic mass is 9.95. The van der Waals surface area contributed by atoms with Crippen molar-refractivity contribution in [2.24, 2.45) is 5.92 Å². The average Bonchev–Trinajstić information content (AvgIpc) is 2.79. The third kappa shape index (κ3) is 4.44. The number of hydrogen-bond acceptors (Lipinski definition) is 6. The normalized spacial score (nSPS) is 29.2. The first-order chi connectivity index (χ1) is 14.9. The number of thioether (sulfide) groups is 1. The fourth-order valence-electron chi connectivity index (χ4n) is 4.64. The number of fused-ring (bicyclic) bond motifs is 1. The Labute approximate surface area is 187 Å². The summed E-state index contributed by atoms with van der Waals surface area (Å²) in [6.45, 7) is 3.67. The Morgan fingerprint density at radius 2 is 1.87 bits per heavy atom. The van der Waals surface area contributed by atoms with E-state index in [0.29, 0.717) is 5.75 Å². The number of carbonyl (C=O) groups excluding carboxylic acids is 3. The van der Waals surface area contributed by atoms with E-state index in [0.717, 1.165) is 37.1 Å². The standard InChI is InChI=1S/C22H31N5O3S/c1-14-8-7-9-15(12-14)18-23-19-17(21(29)26(3)22(30)25(19)2)20(24-18)31-13-16(28)27-10-5-4-6-11-27/h7-9,12,17-20,23-24H,4-6,10-11,13H2,1-3H3. The van der Waals surface area contributed by atoms with Crippen molar-refractivity contribution in [3.63, 3.8) is 0 Å². The van der Waals surface area contributed by atoms with E-state index in [1.54, 1.807) is 11.9 Å². The van der Waals surface area contributed by atoms with Gasteiger partial charge in [-0.1, -0.05) is 29.8 Å². The molecule has 1 aromatic carbocycles. The van der Waals surface area contributed by atoms with Crippen molar-refractivity contribution >= 4 is 29.6 Å². The molecule has 4 rings (SSSR count). The summed E-state index contributed by atoms with van der Waals surface area (Å²) in [5.74, 6) is -0.267. The molecule has 3 saturated heterocycles. The summed E-state index contributed by atoms with van der Waals surface area (Å²) in [7, 11) is 3.24. The zero-order chi connectivity index (χ0) is 22.1. The summed E-state index contributed by atoms with van der Waals surface area (Å²) < 4.78 is 0. The third-order valence-corrected chi connectivity index (χ3v) is 7.63. The van der Waals surface area contributed by atoms with Gasteiger partial charge in [-0.15, -0.1) is 11.8 Å². The smallest absolute Gasteiger partial charge is 0.327 e. The number of hydrogen-bond donors (Lipinski definition) is 2. The molecule has 0 bridgehead atoms. The van der Waals surface area contributed by atoms with E-state index in [4.69, 9.17) is 0 Å². The van der Waals surface area contributed by atoms with E-state index in [1.165, 1.54) is 30.1 Å². The van der Waals surface area contributed by atoms with Gasteiger partial charge in [0.1, 0.15) is 0 Å². The van der Waals surface area contributed by atoms with Crippen LogP contribution in [0.5, 0.6) is 0 Å². The molecule has 1 aromatic rings. The van der Waals surface area contributed by atoms with Gasteiger partial charge in [-0.25, -0.2) is 4.79 Å². The van der Waals surface area contributed by atoms with Crippen molar-refractivity contribution < 1.29 is 14.4 Å². The first kappa shape index (κ1) is 22.1. The van der Waals surface area contributed by atoms with Gasteiger partial charge in [-0.05, 0) is 31.7 Å². The monoisotopic (exact) mass is 445 g/mol. The topological polar surface area (TPSA) is 85.0 Å². The van der Waals surface area contributed by atoms with Gasteiger partial charge in [-0.2, -0.15) is 0 Å². The number of urea groups is 1. The van der Waals surface area contributed by atoms with Crippen LogP contribution in [0.15, 0.2) is 24.3 Å². The Kier molecular flexibility index (Phi) is 6.55. The fourth-order valence-corrected chi connectivity index (χ4v) is 5.85. The fraction of sp³-hybridized carbons (Fsp3) is 0.591. The molecule has 2 N–H and O–H groups in total. The summed E-state index contributed by atoms with van der Waals surface area (Å²) in [5.41, 5.74) is 2.18. The van der Waals surface area contributed by atoms with E-state index < -0.39 is 12.1 Å². The lowest BCUT2D eigenvalue weighted by Crippen LogP contribution is -2.72. The van der Waals surface area contributed by atoms with Crippen LogP contribution in [0, 0.1) is 12.8 Å². The molecule has 4 atom stereocenters. The van der Waals surface area contributed by atoms with Crippen LogP contribution in [0.4, 0.5) is 4.79 Å². The molecule has 3 heterocycles. The number of piperidine rings is 1. The molecule has 3 aliphatic rings. The van der Waals surface area contributed by atoms with Crippen molar-refractivity contribution in [1.82, 2.24) is 25.3 Å². The van der Waals surface area contributed by atoms with Gasteiger partial charge in [0.2, 0.25) is 11.8 Å². The van der Waals surface area contributed by atoms with Crippen molar-refractivity contribution in [2.45, 2.75) is 43.9 Å². The van der Waals surface area contributed by atoms with Crippen molar-refractivity contribution in [2.75, 3.05) is 32.9 Å². The van der Waals surface area contributed by atoms with Crippen LogP contribution < -0.4 is 10.6 Å². The quantitative estimate of drug-likeness (QED) is 0.734. The Morgan fingerprint density at radius 3 is 2.58 bits per heavy atom. The van der Waals surface area contributed by atoms with E-state index in [-0.39, 0.29) is 29.4 Å². The number of benzene rings is 1. The molecule has 0 saturated carbocycles. The Morgan fingerprint density at radius 1 is 1.13 bits per heavy atom. The number of amides is 4. The Bertz CT molecular complexity index is 859. The lowest BCUT2D eigenvalue weighted by Gasteiger charge is -2.50. The summed E-state index contributed by atoms with van der Waals surface area (Å²) in [5, 5.41) is 6.69. The van der Waals surface area contributed by atoms with Crippen LogP contribution in [-0.4, -0.2) is 77.0 Å². The second kappa shape index (κ2) is 9.18. The number of rotatable bonds is 4. The summed E-state index contributed by atoms with van der Waals surface area (Å²) >= 11 is 1.47. The summed E-state index contributed by atoms with van der Waals surface area (Å²) in [4.78, 5) is 43.1. The minimum Gasteiger partial charge on any atom is -0.342 e. The minimum atomic E-state index is -0.479. The van der Waals surface area contributed by atoms with E-state index >= 15 is 0 Å². The van der Waals surface area contributed by atoms with E-state index in [9.17, 15) is 14.4 Å². The maximum Gasteiger partial charge on any atom is 0.327 e. The molecular weight excluding hydrogens is 414 g/mol. The molecule has 0 radical (unpaired) electrons. The number of aryl methyl sites for hydroxylation is 1. The number of likely N-dealkylation sites (tertiary alicyclic amines) is 1. The second-order valence-corrected chi connectivity index (χ2v) is 9.74. The highest BCUT2D eigenvalue weighted by molar-refractivity contribution is 8.00. The Balaban J connectivity index is 1.56. The number of carbonyl (C=O) groups is 3. The highest BCUT2D eigenvalue weighted by atomic mass is 32.2. The van der Waals surface area contributed by atoms with Crippen molar-refractivity contribution in [1.29, 1.82) is 0 Å². The molecule has 0 aromatic heterocycles. The van der Waals surface area contributed by atoms with Crippen LogP contribution in [0.3, 0.4) is 0 Å². The maximum atomic E-state index is 13.1. The van der Waals surface area contributed by atoms with Crippen molar-refractivity contribution in [3.05, 3.63) is 35.4 Å². The SMILES string of the molecule is Cc1cccc(C2NC(SCC(=O)N3CCCCC3)C3C(=O)N(C)C(=O)N(C)C3N2)c1. The molecule has 9 heteroatoms. The molecular formula is C22H31N5O3S. The third-order valence-electron chi connectivity index (χ3n) is 6.43. The average molecular weight is 446 g/mol. The largest absolute Gasteiger partial charge is 0.342 e. The number of imide groups is 1. The van der Waals surface area contributed by atoms with Gasteiger partial charge in [0.15, 0.2) is 0 Å². The predicted molar refractivity (Wildman–Crippen MR) is 120 cm³/mol. The van der Waals surface area contributed by atoms with Crippen molar-refractivity contribution in [3.8, 4) is 0 Å². The van der Waals surface area contributed by atoms with Crippen LogP contribution in [0.25, 0.3) is 0 Å². The first-order valence-corrected chi connectivity index (χ1v) is 11.9. The highest BCUT2D eigenvalue weighted by Gasteiger charge is 2.51. The zero-order valence-corrected chi connectivity index (χ0v) is 19.2. The number of nitrogens with one attached hydrogen (secondary N) is 2. The highest BCUT2D eigenvalue weighted by Crippen LogP contribution is 2.34. The predicted octanol–water partition coefficient (Wildman–Crippen LogP) is 1.72. The number of nitrogens with zero attached hydrogens (tertiary/aromatic N) is 3. The molecule has 8 nitrogen and oxygen atoms in total. The molecule has 31 heavy (non-hydrogen) atoms. The van der Waals surface area contributed by atoms with Gasteiger partial charge in [0.25, 0.3) is 0 Å². The molecule has 4 unspecified atom stereocenters. The minimum absolute atomic E-state index is 0.120. The molecule has 4 amide bonds. The van der Waals surface area contributed by atoms with E-state index in [2.05, 4.69) is 16.7 Å². The van der Waals surface area contributed by atoms with Gasteiger partial charge in [-0.3, -0.25) is 25.1 Å². The van der Waals surface area contributed by atoms with Gasteiger partial charge < -0.3 is 9.80 Å². The molecule has 3 aliphatic heterocycles. The van der Waals surface area contributed by atoms with Gasteiger partial charge in [0.05, 0.1) is 29.4 Å². The summed E-state index contributed by atoms with van der Waals surface area (Å²) in [6, 6.07) is 7.82. The molecule has 0 spiro atoms. The van der Waals surface area contributed by atoms with Crippen LogP contribution in [-0.2, 0) is 9.59 Å². The van der Waals surface area contributed by atoms with Crippen LogP contribution >= 0.6 is 11.8 Å². The summed E-state index contributed by atoms with van der Waals surface area (Å²) in [6.07, 6.45) is 2.62. The second-order valence-electron chi connectivity index (χ2n) is 8.61. The Hall–Kier alpha value is -2.10. The maximum absolute atomic E-state index is 13.1. The first-order valence-electron chi connectivity index (χ1n) is 10.9. The van der Waals surface area contributed by atoms with E-state index in [1.807, 2.05) is 30.0 Å². The van der Waals surface area contributed by atoms with Gasteiger partial charge >= 0.3 is 6.03 Å². The van der Waals surface area contributed by atoms with Crippen LogP contribution in [0.1, 0.15) is 36.6 Å². The molecule has 3 fully saturated rings. The molecule has 0 aliphatic carbocycles. The lowest BCUT2D eigenvalue weighted by molar-refractivity contribution is -0.140. The zero-order valence-electron chi connectivity index (χ0n) is 18.3.